The van der Waals surface area contributed by atoms with Crippen molar-refractivity contribution in [3.05, 3.63) is 29.3 Å². The molecular formula is C12H14ClNO3S. The Balaban J connectivity index is 1.83. The predicted octanol–water partition coefficient (Wildman–Crippen LogP) is 1.49. The summed E-state index contributed by atoms with van der Waals surface area (Å²) in [6.07, 6.45) is 1.99. The number of halogens is 1. The Labute approximate surface area is 111 Å². The zero-order valence-electron chi connectivity index (χ0n) is 9.71. The molecule has 0 aromatic heterocycles. The normalized spacial score (nSPS) is 23.7. The third kappa shape index (κ3) is 1.86. The fourth-order valence-corrected chi connectivity index (χ4v) is 4.46. The van der Waals surface area contributed by atoms with Crippen LogP contribution in [0.5, 0.6) is 0 Å². The molecule has 18 heavy (non-hydrogen) atoms. The van der Waals surface area contributed by atoms with Crippen molar-refractivity contribution in [1.82, 2.24) is 4.31 Å². The van der Waals surface area contributed by atoms with E-state index in [0.717, 1.165) is 12.8 Å². The van der Waals surface area contributed by atoms with Crippen molar-refractivity contribution in [3.63, 3.8) is 0 Å². The summed E-state index contributed by atoms with van der Waals surface area (Å²) in [7, 11) is -3.57. The number of benzene rings is 1. The number of rotatable bonds is 3. The second-order valence-corrected chi connectivity index (χ2v) is 7.39. The maximum atomic E-state index is 12.3. The Kier molecular flexibility index (Phi) is 2.71. The van der Waals surface area contributed by atoms with Crippen molar-refractivity contribution >= 4 is 21.6 Å². The summed E-state index contributed by atoms with van der Waals surface area (Å²) in [4.78, 5) is 0.115. The van der Waals surface area contributed by atoms with Crippen molar-refractivity contribution in [1.29, 1.82) is 0 Å². The number of sulfonamides is 1. The molecular weight excluding hydrogens is 274 g/mol. The molecule has 1 N–H and O–H groups in total. The molecule has 0 atom stereocenters. The van der Waals surface area contributed by atoms with Gasteiger partial charge in [0.2, 0.25) is 10.0 Å². The third-order valence-corrected chi connectivity index (χ3v) is 5.98. The molecule has 1 heterocycles. The summed E-state index contributed by atoms with van der Waals surface area (Å²) in [5.41, 5.74) is -0.811. The van der Waals surface area contributed by atoms with Crippen LogP contribution in [0.1, 0.15) is 12.8 Å². The van der Waals surface area contributed by atoms with Gasteiger partial charge in [0.15, 0.2) is 0 Å². The summed E-state index contributed by atoms with van der Waals surface area (Å²) in [5.74, 6) is 0.273. The highest BCUT2D eigenvalue weighted by Gasteiger charge is 2.55. The lowest BCUT2D eigenvalue weighted by atomic mass is 9.91. The van der Waals surface area contributed by atoms with Crippen molar-refractivity contribution in [2.24, 2.45) is 5.92 Å². The van der Waals surface area contributed by atoms with E-state index in [0.29, 0.717) is 0 Å². The largest absolute Gasteiger partial charge is 0.387 e. The van der Waals surface area contributed by atoms with Crippen LogP contribution in [-0.4, -0.2) is 36.5 Å². The molecule has 98 valence electrons. The lowest BCUT2D eigenvalue weighted by Crippen LogP contribution is -2.64. The van der Waals surface area contributed by atoms with Crippen LogP contribution in [-0.2, 0) is 10.0 Å². The molecule has 6 heteroatoms. The maximum absolute atomic E-state index is 12.3. The van der Waals surface area contributed by atoms with Crippen molar-refractivity contribution < 1.29 is 13.5 Å². The summed E-state index contributed by atoms with van der Waals surface area (Å²) >= 11 is 5.91. The minimum absolute atomic E-state index is 0.115. The van der Waals surface area contributed by atoms with Gasteiger partial charge in [0.25, 0.3) is 0 Å². The zero-order valence-corrected chi connectivity index (χ0v) is 11.3. The van der Waals surface area contributed by atoms with Gasteiger partial charge in [-0.2, -0.15) is 4.31 Å². The summed E-state index contributed by atoms with van der Waals surface area (Å²) in [5, 5.41) is 10.4. The Morgan fingerprint density at radius 1 is 1.28 bits per heavy atom. The van der Waals surface area contributed by atoms with Gasteiger partial charge in [0, 0.05) is 13.1 Å². The second-order valence-electron chi connectivity index (χ2n) is 5.08. The average Bonchev–Trinajstić information content (AvgIpc) is 3.09. The first kappa shape index (κ1) is 12.4. The van der Waals surface area contributed by atoms with Gasteiger partial charge in [-0.05, 0) is 30.9 Å². The Bertz CT molecular complexity index is 577. The van der Waals surface area contributed by atoms with Crippen LogP contribution in [0.15, 0.2) is 29.2 Å². The van der Waals surface area contributed by atoms with E-state index in [-0.39, 0.29) is 28.9 Å². The first-order valence-corrected chi connectivity index (χ1v) is 7.72. The number of β-amino-alcohol motifs (C(OH)–C–C–N with tert-alkyl or cyclic N) is 1. The molecule has 0 amide bonds. The van der Waals surface area contributed by atoms with Gasteiger partial charge in [0.05, 0.1) is 10.6 Å². The van der Waals surface area contributed by atoms with Crippen LogP contribution in [0.4, 0.5) is 0 Å². The highest BCUT2D eigenvalue weighted by atomic mass is 35.5. The number of hydrogen-bond donors (Lipinski definition) is 1. The zero-order chi connectivity index (χ0) is 13.0. The SMILES string of the molecule is O=S(=O)(c1ccccc1Cl)N1CC(O)(C2CC2)C1. The monoisotopic (exact) mass is 287 g/mol. The molecule has 4 nitrogen and oxygen atoms in total. The minimum Gasteiger partial charge on any atom is -0.387 e. The Morgan fingerprint density at radius 2 is 1.89 bits per heavy atom. The number of hydrogen-bond acceptors (Lipinski definition) is 3. The standard InChI is InChI=1S/C12H14ClNO3S/c13-10-3-1-2-4-11(10)18(16,17)14-7-12(15,8-14)9-5-6-9/h1-4,9,15H,5-8H2. The number of nitrogens with zero attached hydrogens (tertiary/aromatic N) is 1. The molecule has 1 aromatic carbocycles. The van der Waals surface area contributed by atoms with E-state index in [4.69, 9.17) is 11.6 Å². The van der Waals surface area contributed by atoms with E-state index >= 15 is 0 Å². The van der Waals surface area contributed by atoms with Crippen molar-refractivity contribution in [2.75, 3.05) is 13.1 Å². The van der Waals surface area contributed by atoms with Crippen LogP contribution in [0.3, 0.4) is 0 Å². The van der Waals surface area contributed by atoms with E-state index in [1.165, 1.54) is 10.4 Å². The summed E-state index contributed by atoms with van der Waals surface area (Å²) in [6, 6.07) is 6.39. The van der Waals surface area contributed by atoms with Crippen molar-refractivity contribution in [3.8, 4) is 0 Å². The quantitative estimate of drug-likeness (QED) is 0.916. The molecule has 0 unspecified atom stereocenters. The van der Waals surface area contributed by atoms with Gasteiger partial charge in [0.1, 0.15) is 4.90 Å². The molecule has 0 spiro atoms. The summed E-state index contributed by atoms with van der Waals surface area (Å²) < 4.78 is 25.9. The topological polar surface area (TPSA) is 57.6 Å². The third-order valence-electron chi connectivity index (χ3n) is 3.69. The smallest absolute Gasteiger partial charge is 0.244 e. The minimum atomic E-state index is -3.57. The highest BCUT2D eigenvalue weighted by molar-refractivity contribution is 7.89. The van der Waals surface area contributed by atoms with Gasteiger partial charge >= 0.3 is 0 Å². The molecule has 1 saturated heterocycles. The average molecular weight is 288 g/mol. The molecule has 2 aliphatic rings. The Morgan fingerprint density at radius 3 is 2.44 bits per heavy atom. The van der Waals surface area contributed by atoms with E-state index in [2.05, 4.69) is 0 Å². The molecule has 1 aliphatic carbocycles. The fraction of sp³-hybridized carbons (Fsp3) is 0.500. The van der Waals surface area contributed by atoms with Crippen molar-refractivity contribution in [2.45, 2.75) is 23.3 Å². The van der Waals surface area contributed by atoms with Gasteiger partial charge in [-0.1, -0.05) is 23.7 Å². The molecule has 0 bridgehead atoms. The summed E-state index contributed by atoms with van der Waals surface area (Å²) in [6.45, 7) is 0.371. The van der Waals surface area contributed by atoms with Gasteiger partial charge in [-0.15, -0.1) is 0 Å². The molecule has 3 rings (SSSR count). The maximum Gasteiger partial charge on any atom is 0.244 e. The van der Waals surface area contributed by atoms with E-state index in [1.807, 2.05) is 0 Å². The molecule has 1 saturated carbocycles. The number of aliphatic hydroxyl groups is 1. The van der Waals surface area contributed by atoms with Gasteiger partial charge in [-0.25, -0.2) is 8.42 Å². The molecule has 1 aliphatic heterocycles. The highest BCUT2D eigenvalue weighted by Crippen LogP contribution is 2.46. The fourth-order valence-electron chi connectivity index (χ4n) is 2.41. The van der Waals surface area contributed by atoms with Crippen LogP contribution in [0.2, 0.25) is 5.02 Å². The first-order valence-electron chi connectivity index (χ1n) is 5.90. The van der Waals surface area contributed by atoms with E-state index in [1.54, 1.807) is 18.2 Å². The van der Waals surface area contributed by atoms with Gasteiger partial charge < -0.3 is 5.11 Å². The molecule has 0 radical (unpaired) electrons. The van der Waals surface area contributed by atoms with E-state index in [9.17, 15) is 13.5 Å². The van der Waals surface area contributed by atoms with Crippen LogP contribution in [0.25, 0.3) is 0 Å². The second kappa shape index (κ2) is 3.93. The van der Waals surface area contributed by atoms with Crippen LogP contribution < -0.4 is 0 Å². The van der Waals surface area contributed by atoms with Crippen LogP contribution >= 0.6 is 11.6 Å². The molecule has 1 aromatic rings. The Hall–Kier alpha value is -0.620. The first-order chi connectivity index (χ1) is 8.43. The van der Waals surface area contributed by atoms with E-state index < -0.39 is 15.6 Å². The lowest BCUT2D eigenvalue weighted by molar-refractivity contribution is -0.0764. The predicted molar refractivity (Wildman–Crippen MR) is 67.9 cm³/mol. The lowest BCUT2D eigenvalue weighted by Gasteiger charge is -2.45. The van der Waals surface area contributed by atoms with Gasteiger partial charge in [-0.3, -0.25) is 0 Å². The van der Waals surface area contributed by atoms with Crippen LogP contribution in [0, 0.1) is 5.92 Å². The molecule has 2 fully saturated rings.